The van der Waals surface area contributed by atoms with Crippen molar-refractivity contribution in [1.82, 2.24) is 15.0 Å². The Hall–Kier alpha value is -3.19. The first-order valence-corrected chi connectivity index (χ1v) is 11.5. The molecule has 1 saturated heterocycles. The van der Waals surface area contributed by atoms with Gasteiger partial charge >= 0.3 is 0 Å². The number of aryl methyl sites for hydroxylation is 1. The number of hydrogen-bond donors (Lipinski definition) is 1. The number of benzene rings is 2. The minimum Gasteiger partial charge on any atom is -0.338 e. The highest BCUT2D eigenvalue weighted by Crippen LogP contribution is 2.31. The van der Waals surface area contributed by atoms with Crippen LogP contribution in [-0.2, 0) is 4.79 Å². The van der Waals surface area contributed by atoms with Crippen LogP contribution in [0.1, 0.15) is 54.4 Å². The van der Waals surface area contributed by atoms with Crippen molar-refractivity contribution in [3.8, 4) is 11.5 Å². The van der Waals surface area contributed by atoms with E-state index in [0.717, 1.165) is 18.4 Å². The number of hydrogen-bond acceptors (Lipinski definition) is 5. The number of carbonyl (C=O) groups excluding carboxylic acids is 2. The van der Waals surface area contributed by atoms with Crippen molar-refractivity contribution in [3.63, 3.8) is 0 Å². The molecule has 2 heterocycles. The van der Waals surface area contributed by atoms with E-state index in [1.165, 1.54) is 0 Å². The van der Waals surface area contributed by atoms with Gasteiger partial charge in [-0.15, -0.1) is 0 Å². The third-order valence-corrected chi connectivity index (χ3v) is 6.13. The number of para-hydroxylation sites is 1. The van der Waals surface area contributed by atoms with Crippen LogP contribution in [0.25, 0.3) is 11.5 Å². The van der Waals surface area contributed by atoms with E-state index in [9.17, 15) is 9.59 Å². The zero-order chi connectivity index (χ0) is 23.5. The Morgan fingerprint density at radius 1 is 1.18 bits per heavy atom. The first-order chi connectivity index (χ1) is 15.8. The predicted molar refractivity (Wildman–Crippen MR) is 127 cm³/mol. The standard InChI is InChI=1S/C25H27ClN4O3/c1-15(2)22-28-24(33-29-22)20-8-4-6-16(3)21(20)27-23(31)18-7-5-13-30(14-18)25(32)17-9-11-19(26)12-10-17/h4,6,8-12,15,18H,5,7,13-14H2,1-3H3,(H,27,31). The summed E-state index contributed by atoms with van der Waals surface area (Å²) in [7, 11) is 0. The van der Waals surface area contributed by atoms with Crippen molar-refractivity contribution < 1.29 is 14.1 Å². The lowest BCUT2D eigenvalue weighted by atomic mass is 9.96. The van der Waals surface area contributed by atoms with E-state index >= 15 is 0 Å². The molecule has 1 fully saturated rings. The highest BCUT2D eigenvalue weighted by Gasteiger charge is 2.30. The van der Waals surface area contributed by atoms with Crippen LogP contribution in [0, 0.1) is 12.8 Å². The minimum atomic E-state index is -0.309. The predicted octanol–water partition coefficient (Wildman–Crippen LogP) is 5.31. The smallest absolute Gasteiger partial charge is 0.260 e. The molecule has 1 aliphatic rings. The van der Waals surface area contributed by atoms with Crippen LogP contribution in [0.3, 0.4) is 0 Å². The summed E-state index contributed by atoms with van der Waals surface area (Å²) >= 11 is 5.94. The Balaban J connectivity index is 1.51. The zero-order valence-corrected chi connectivity index (χ0v) is 19.7. The molecule has 0 radical (unpaired) electrons. The molecule has 33 heavy (non-hydrogen) atoms. The molecule has 7 nitrogen and oxygen atoms in total. The van der Waals surface area contributed by atoms with Crippen molar-refractivity contribution in [2.45, 2.75) is 39.5 Å². The molecule has 4 rings (SSSR count). The monoisotopic (exact) mass is 466 g/mol. The van der Waals surface area contributed by atoms with Crippen molar-refractivity contribution in [2.75, 3.05) is 18.4 Å². The number of piperidine rings is 1. The van der Waals surface area contributed by atoms with Gasteiger partial charge in [-0.2, -0.15) is 4.98 Å². The van der Waals surface area contributed by atoms with Gasteiger partial charge in [0.05, 0.1) is 17.2 Å². The first kappa shape index (κ1) is 23.0. The number of amides is 2. The Labute approximate surface area is 198 Å². The minimum absolute atomic E-state index is 0.0900. The van der Waals surface area contributed by atoms with Crippen LogP contribution in [0.4, 0.5) is 5.69 Å². The summed E-state index contributed by atoms with van der Waals surface area (Å²) in [5.74, 6) is 0.608. The fourth-order valence-electron chi connectivity index (χ4n) is 3.97. The van der Waals surface area contributed by atoms with Gasteiger partial charge in [0.1, 0.15) is 0 Å². The molecule has 1 unspecified atom stereocenters. The SMILES string of the molecule is Cc1cccc(-c2nc(C(C)C)no2)c1NC(=O)C1CCCN(C(=O)c2ccc(Cl)cc2)C1. The van der Waals surface area contributed by atoms with E-state index in [4.69, 9.17) is 16.1 Å². The highest BCUT2D eigenvalue weighted by molar-refractivity contribution is 6.30. The summed E-state index contributed by atoms with van der Waals surface area (Å²) in [5, 5.41) is 7.70. The fraction of sp³-hybridized carbons (Fsp3) is 0.360. The topological polar surface area (TPSA) is 88.3 Å². The van der Waals surface area contributed by atoms with Gasteiger partial charge in [0.2, 0.25) is 5.91 Å². The van der Waals surface area contributed by atoms with Crippen molar-refractivity contribution in [2.24, 2.45) is 5.92 Å². The lowest BCUT2D eigenvalue weighted by molar-refractivity contribution is -0.121. The average molecular weight is 467 g/mol. The largest absolute Gasteiger partial charge is 0.338 e. The zero-order valence-electron chi connectivity index (χ0n) is 19.0. The first-order valence-electron chi connectivity index (χ1n) is 11.1. The van der Waals surface area contributed by atoms with Gasteiger partial charge in [0.25, 0.3) is 11.8 Å². The molecule has 3 aromatic rings. The van der Waals surface area contributed by atoms with Gasteiger partial charge < -0.3 is 14.7 Å². The second-order valence-corrected chi connectivity index (χ2v) is 9.13. The van der Waals surface area contributed by atoms with Crippen LogP contribution >= 0.6 is 11.6 Å². The number of nitrogens with zero attached hydrogens (tertiary/aromatic N) is 3. The summed E-state index contributed by atoms with van der Waals surface area (Å²) in [6, 6.07) is 12.5. The van der Waals surface area contributed by atoms with Crippen LogP contribution in [0.2, 0.25) is 5.02 Å². The second-order valence-electron chi connectivity index (χ2n) is 8.70. The molecule has 0 saturated carbocycles. The van der Waals surface area contributed by atoms with Crippen LogP contribution in [0.15, 0.2) is 47.0 Å². The van der Waals surface area contributed by atoms with Crippen molar-refractivity contribution in [3.05, 3.63) is 64.4 Å². The molecule has 2 aromatic carbocycles. The maximum absolute atomic E-state index is 13.2. The molecule has 8 heteroatoms. The van der Waals surface area contributed by atoms with E-state index in [1.54, 1.807) is 29.2 Å². The Morgan fingerprint density at radius 3 is 2.64 bits per heavy atom. The molecule has 1 aliphatic heterocycles. The number of anilines is 1. The van der Waals surface area contributed by atoms with Crippen LogP contribution in [0.5, 0.6) is 0 Å². The van der Waals surface area contributed by atoms with Crippen LogP contribution < -0.4 is 5.32 Å². The van der Waals surface area contributed by atoms with E-state index in [2.05, 4.69) is 15.5 Å². The Kier molecular flexibility index (Phi) is 6.79. The van der Waals surface area contributed by atoms with Crippen molar-refractivity contribution >= 4 is 29.1 Å². The normalized spacial score (nSPS) is 16.2. The lowest BCUT2D eigenvalue weighted by Gasteiger charge is -2.32. The lowest BCUT2D eigenvalue weighted by Crippen LogP contribution is -2.43. The van der Waals surface area contributed by atoms with Gasteiger partial charge in [-0.05, 0) is 55.7 Å². The number of aromatic nitrogens is 2. The van der Waals surface area contributed by atoms with Gasteiger partial charge in [-0.3, -0.25) is 9.59 Å². The van der Waals surface area contributed by atoms with Gasteiger partial charge in [-0.1, -0.05) is 42.7 Å². The molecule has 0 aliphatic carbocycles. The third-order valence-electron chi connectivity index (χ3n) is 5.88. The quantitative estimate of drug-likeness (QED) is 0.550. The molecular formula is C25H27ClN4O3. The molecule has 0 spiro atoms. The summed E-state index contributed by atoms with van der Waals surface area (Å²) < 4.78 is 5.47. The number of carbonyl (C=O) groups is 2. The number of halogens is 1. The molecule has 172 valence electrons. The van der Waals surface area contributed by atoms with Crippen LogP contribution in [-0.4, -0.2) is 39.9 Å². The second kappa shape index (κ2) is 9.75. The van der Waals surface area contributed by atoms with E-state index in [1.807, 2.05) is 39.0 Å². The summed E-state index contributed by atoms with van der Waals surface area (Å²) in [6.45, 7) is 6.91. The van der Waals surface area contributed by atoms with Gasteiger partial charge in [0.15, 0.2) is 5.82 Å². The maximum Gasteiger partial charge on any atom is 0.260 e. The summed E-state index contributed by atoms with van der Waals surface area (Å²) in [6.07, 6.45) is 1.48. The molecule has 1 N–H and O–H groups in total. The summed E-state index contributed by atoms with van der Waals surface area (Å²) in [4.78, 5) is 32.4. The highest BCUT2D eigenvalue weighted by atomic mass is 35.5. The van der Waals surface area contributed by atoms with E-state index in [-0.39, 0.29) is 23.7 Å². The number of nitrogens with one attached hydrogen (secondary N) is 1. The van der Waals surface area contributed by atoms with E-state index < -0.39 is 0 Å². The number of likely N-dealkylation sites (tertiary alicyclic amines) is 1. The van der Waals surface area contributed by atoms with Gasteiger partial charge in [0, 0.05) is 29.6 Å². The third kappa shape index (κ3) is 5.09. The fourth-order valence-corrected chi connectivity index (χ4v) is 4.09. The van der Waals surface area contributed by atoms with Crippen molar-refractivity contribution in [1.29, 1.82) is 0 Å². The Bertz CT molecular complexity index is 1160. The molecule has 0 bridgehead atoms. The summed E-state index contributed by atoms with van der Waals surface area (Å²) in [5.41, 5.74) is 2.81. The average Bonchev–Trinajstić information content (AvgIpc) is 3.31. The molecule has 1 aromatic heterocycles. The molecular weight excluding hydrogens is 440 g/mol. The van der Waals surface area contributed by atoms with Gasteiger partial charge in [-0.25, -0.2) is 0 Å². The Morgan fingerprint density at radius 2 is 1.94 bits per heavy atom. The molecule has 1 atom stereocenters. The molecule has 2 amide bonds. The van der Waals surface area contributed by atoms with E-state index in [0.29, 0.717) is 46.6 Å². The maximum atomic E-state index is 13.2. The number of rotatable bonds is 5.